The third kappa shape index (κ3) is 2.90. The summed E-state index contributed by atoms with van der Waals surface area (Å²) in [6.07, 6.45) is 0. The van der Waals surface area contributed by atoms with Gasteiger partial charge in [-0.25, -0.2) is 4.39 Å². The Morgan fingerprint density at radius 1 is 1.32 bits per heavy atom. The lowest BCUT2D eigenvalue weighted by molar-refractivity contribution is 0.0197. The van der Waals surface area contributed by atoms with E-state index in [9.17, 15) is 9.50 Å². The van der Waals surface area contributed by atoms with Crippen LogP contribution in [0.3, 0.4) is 0 Å². The average Bonchev–Trinajstić information content (AvgIpc) is 2.32. The van der Waals surface area contributed by atoms with Gasteiger partial charge in [-0.2, -0.15) is 0 Å². The van der Waals surface area contributed by atoms with E-state index >= 15 is 0 Å². The molecule has 3 nitrogen and oxygen atoms in total. The predicted octanol–water partition coefficient (Wildman–Crippen LogP) is 2.62. The van der Waals surface area contributed by atoms with Crippen molar-refractivity contribution in [1.82, 2.24) is 9.80 Å². The van der Waals surface area contributed by atoms with Crippen molar-refractivity contribution in [2.45, 2.75) is 32.4 Å². The van der Waals surface area contributed by atoms with Crippen LogP contribution in [0.4, 0.5) is 4.39 Å². The number of benzene rings is 1. The third-order valence-electron chi connectivity index (χ3n) is 4.34. The van der Waals surface area contributed by atoms with E-state index in [1.54, 1.807) is 6.07 Å². The number of halogens is 1. The van der Waals surface area contributed by atoms with E-state index in [1.807, 2.05) is 0 Å². The maximum absolute atomic E-state index is 13.0. The van der Waals surface area contributed by atoms with Gasteiger partial charge in [0.1, 0.15) is 11.6 Å². The molecule has 1 heterocycles. The van der Waals surface area contributed by atoms with E-state index in [0.717, 1.165) is 25.2 Å². The van der Waals surface area contributed by atoms with E-state index in [4.69, 9.17) is 0 Å². The van der Waals surface area contributed by atoms with E-state index < -0.39 is 5.82 Å². The quantitative estimate of drug-likeness (QED) is 0.891. The molecule has 0 saturated carbocycles. The largest absolute Gasteiger partial charge is 0.508 e. The first-order valence-electron chi connectivity index (χ1n) is 6.75. The molecule has 1 saturated heterocycles. The number of aromatic hydroxyl groups is 1. The smallest absolute Gasteiger partial charge is 0.126 e. The standard InChI is InChI=1S/C15H23FN2O/c1-11(13-6-5-12(16)9-14(13)19)18-8-7-17(4)15(2,3)10-18/h5-6,9,11,19H,7-8,10H2,1-4H3. The Hall–Kier alpha value is -1.13. The normalized spacial score (nSPS) is 22.4. The molecule has 0 amide bonds. The molecule has 1 aliphatic rings. The molecule has 19 heavy (non-hydrogen) atoms. The molecule has 0 radical (unpaired) electrons. The molecule has 1 unspecified atom stereocenters. The highest BCUT2D eigenvalue weighted by molar-refractivity contribution is 5.35. The SMILES string of the molecule is CC(c1ccc(F)cc1O)N1CCN(C)C(C)(C)C1. The van der Waals surface area contributed by atoms with Crippen LogP contribution in [0.15, 0.2) is 18.2 Å². The highest BCUT2D eigenvalue weighted by atomic mass is 19.1. The van der Waals surface area contributed by atoms with Gasteiger partial charge in [-0.05, 0) is 33.9 Å². The number of hydrogen-bond acceptors (Lipinski definition) is 3. The van der Waals surface area contributed by atoms with Gasteiger partial charge in [-0.3, -0.25) is 9.80 Å². The molecule has 0 spiro atoms. The molecule has 1 N–H and O–H groups in total. The maximum Gasteiger partial charge on any atom is 0.126 e. The lowest BCUT2D eigenvalue weighted by Crippen LogP contribution is -2.57. The summed E-state index contributed by atoms with van der Waals surface area (Å²) in [7, 11) is 2.14. The molecule has 0 bridgehead atoms. The average molecular weight is 266 g/mol. The van der Waals surface area contributed by atoms with Crippen LogP contribution in [-0.4, -0.2) is 47.1 Å². The fourth-order valence-corrected chi connectivity index (χ4v) is 2.68. The molecule has 4 heteroatoms. The van der Waals surface area contributed by atoms with Gasteiger partial charge in [0.15, 0.2) is 0 Å². The number of phenolic OH excluding ortho intramolecular Hbond substituents is 1. The van der Waals surface area contributed by atoms with Crippen LogP contribution in [0.1, 0.15) is 32.4 Å². The minimum absolute atomic E-state index is 0.0456. The molecule has 1 aromatic rings. The summed E-state index contributed by atoms with van der Waals surface area (Å²) < 4.78 is 13.0. The first-order valence-corrected chi connectivity index (χ1v) is 6.75. The van der Waals surface area contributed by atoms with Gasteiger partial charge < -0.3 is 5.11 Å². The second-order valence-corrected chi connectivity index (χ2v) is 6.08. The summed E-state index contributed by atoms with van der Waals surface area (Å²) >= 11 is 0. The fourth-order valence-electron chi connectivity index (χ4n) is 2.68. The minimum atomic E-state index is -0.396. The summed E-state index contributed by atoms with van der Waals surface area (Å²) in [5, 5.41) is 9.90. The second kappa shape index (κ2) is 5.10. The first kappa shape index (κ1) is 14.3. The van der Waals surface area contributed by atoms with Crippen LogP contribution in [0.2, 0.25) is 0 Å². The van der Waals surface area contributed by atoms with Crippen LogP contribution in [0.5, 0.6) is 5.75 Å². The van der Waals surface area contributed by atoms with Gasteiger partial charge >= 0.3 is 0 Å². The molecule has 1 aromatic carbocycles. The zero-order valence-electron chi connectivity index (χ0n) is 12.2. The van der Waals surface area contributed by atoms with Gasteiger partial charge in [0.05, 0.1) is 0 Å². The molecular weight excluding hydrogens is 243 g/mol. The Balaban J connectivity index is 2.18. The van der Waals surface area contributed by atoms with E-state index in [-0.39, 0.29) is 17.3 Å². The van der Waals surface area contributed by atoms with Crippen LogP contribution in [-0.2, 0) is 0 Å². The molecule has 0 aromatic heterocycles. The molecule has 0 aliphatic carbocycles. The number of likely N-dealkylation sites (N-methyl/N-ethyl adjacent to an activating group) is 1. The zero-order chi connectivity index (χ0) is 14.2. The molecule has 106 valence electrons. The topological polar surface area (TPSA) is 26.7 Å². The summed E-state index contributed by atoms with van der Waals surface area (Å²) in [6, 6.07) is 4.37. The number of phenols is 1. The summed E-state index contributed by atoms with van der Waals surface area (Å²) in [5.74, 6) is -0.351. The Labute approximate surface area is 114 Å². The van der Waals surface area contributed by atoms with Gasteiger partial charge in [0, 0.05) is 42.8 Å². The summed E-state index contributed by atoms with van der Waals surface area (Å²) in [4.78, 5) is 4.69. The maximum atomic E-state index is 13.0. The zero-order valence-corrected chi connectivity index (χ0v) is 12.2. The van der Waals surface area contributed by atoms with Gasteiger partial charge in [-0.1, -0.05) is 6.07 Å². The van der Waals surface area contributed by atoms with Crippen molar-refractivity contribution in [2.75, 3.05) is 26.7 Å². The van der Waals surface area contributed by atoms with Crippen LogP contribution >= 0.6 is 0 Å². The first-order chi connectivity index (χ1) is 8.81. The van der Waals surface area contributed by atoms with Crippen molar-refractivity contribution in [3.05, 3.63) is 29.6 Å². The Morgan fingerprint density at radius 2 is 2.00 bits per heavy atom. The second-order valence-electron chi connectivity index (χ2n) is 6.08. The van der Waals surface area contributed by atoms with Crippen molar-refractivity contribution in [1.29, 1.82) is 0 Å². The number of rotatable bonds is 2. The summed E-state index contributed by atoms with van der Waals surface area (Å²) in [5.41, 5.74) is 0.907. The van der Waals surface area contributed by atoms with Crippen molar-refractivity contribution in [2.24, 2.45) is 0 Å². The Bertz CT molecular complexity index is 461. The molecule has 1 aliphatic heterocycles. The van der Waals surface area contributed by atoms with E-state index in [2.05, 4.69) is 37.6 Å². The lowest BCUT2D eigenvalue weighted by Gasteiger charge is -2.47. The number of hydrogen-bond donors (Lipinski definition) is 1. The van der Waals surface area contributed by atoms with Crippen molar-refractivity contribution >= 4 is 0 Å². The van der Waals surface area contributed by atoms with Crippen LogP contribution in [0, 0.1) is 5.82 Å². The number of piperazine rings is 1. The van der Waals surface area contributed by atoms with Crippen molar-refractivity contribution in [3.63, 3.8) is 0 Å². The highest BCUT2D eigenvalue weighted by Crippen LogP contribution is 2.32. The van der Waals surface area contributed by atoms with Gasteiger partial charge in [0.25, 0.3) is 0 Å². The van der Waals surface area contributed by atoms with Gasteiger partial charge in [-0.15, -0.1) is 0 Å². The molecule has 1 atom stereocenters. The van der Waals surface area contributed by atoms with Crippen molar-refractivity contribution < 1.29 is 9.50 Å². The molecule has 2 rings (SSSR count). The number of nitrogens with zero attached hydrogens (tertiary/aromatic N) is 2. The van der Waals surface area contributed by atoms with Crippen LogP contribution in [0.25, 0.3) is 0 Å². The minimum Gasteiger partial charge on any atom is -0.508 e. The van der Waals surface area contributed by atoms with E-state index in [1.165, 1.54) is 12.1 Å². The fraction of sp³-hybridized carbons (Fsp3) is 0.600. The molecular formula is C15H23FN2O. The molecule has 1 fully saturated rings. The van der Waals surface area contributed by atoms with E-state index in [0.29, 0.717) is 0 Å². The van der Waals surface area contributed by atoms with Crippen LogP contribution < -0.4 is 0 Å². The Morgan fingerprint density at radius 3 is 2.58 bits per heavy atom. The third-order valence-corrected chi connectivity index (χ3v) is 4.34. The van der Waals surface area contributed by atoms with Crippen molar-refractivity contribution in [3.8, 4) is 5.75 Å². The summed E-state index contributed by atoms with van der Waals surface area (Å²) in [6.45, 7) is 9.39. The lowest BCUT2D eigenvalue weighted by atomic mass is 9.96. The van der Waals surface area contributed by atoms with Gasteiger partial charge in [0.2, 0.25) is 0 Å². The highest BCUT2D eigenvalue weighted by Gasteiger charge is 2.33. The Kier molecular flexibility index (Phi) is 3.83. The monoisotopic (exact) mass is 266 g/mol. The predicted molar refractivity (Wildman–Crippen MR) is 74.8 cm³/mol.